The molecule has 1 aromatic heterocycles. The summed E-state index contributed by atoms with van der Waals surface area (Å²) in [7, 11) is 0. The number of hydrogen-bond donors (Lipinski definition) is 2. The SMILES string of the molecule is N#CC1CN(Cc2ccc(C(=O)NN)o2)CCO1. The number of rotatable bonds is 3. The molecule has 0 bridgehead atoms. The van der Waals surface area contributed by atoms with Crippen molar-refractivity contribution < 1.29 is 13.9 Å². The van der Waals surface area contributed by atoms with Crippen molar-refractivity contribution in [2.45, 2.75) is 12.6 Å². The molecule has 0 saturated carbocycles. The Morgan fingerprint density at radius 1 is 1.67 bits per heavy atom. The molecule has 1 aromatic rings. The Bertz CT molecular complexity index is 465. The molecule has 0 radical (unpaired) electrons. The summed E-state index contributed by atoms with van der Waals surface area (Å²) in [5, 5.41) is 8.79. The molecule has 0 spiro atoms. The Morgan fingerprint density at radius 2 is 2.50 bits per heavy atom. The smallest absolute Gasteiger partial charge is 0.300 e. The van der Waals surface area contributed by atoms with Gasteiger partial charge >= 0.3 is 5.91 Å². The van der Waals surface area contributed by atoms with Crippen LogP contribution < -0.4 is 11.3 Å². The molecule has 0 aliphatic carbocycles. The summed E-state index contributed by atoms with van der Waals surface area (Å²) < 4.78 is 10.6. The molecule has 1 amide bonds. The number of ether oxygens (including phenoxy) is 1. The lowest BCUT2D eigenvalue weighted by Crippen LogP contribution is -2.41. The first-order valence-corrected chi connectivity index (χ1v) is 5.56. The number of nitrogen functional groups attached to an aromatic ring is 1. The number of nitrogens with two attached hydrogens (primary N) is 1. The highest BCUT2D eigenvalue weighted by molar-refractivity contribution is 5.90. The zero-order chi connectivity index (χ0) is 13.0. The van der Waals surface area contributed by atoms with E-state index in [0.717, 1.165) is 6.54 Å². The molecule has 1 atom stereocenters. The fourth-order valence-corrected chi connectivity index (χ4v) is 1.80. The second-order valence-electron chi connectivity index (χ2n) is 3.96. The van der Waals surface area contributed by atoms with Gasteiger partial charge in [-0.3, -0.25) is 15.1 Å². The van der Waals surface area contributed by atoms with Gasteiger partial charge in [-0.05, 0) is 12.1 Å². The van der Waals surface area contributed by atoms with Crippen LogP contribution >= 0.6 is 0 Å². The van der Waals surface area contributed by atoms with Gasteiger partial charge in [0.25, 0.3) is 0 Å². The van der Waals surface area contributed by atoms with Crippen molar-refractivity contribution in [3.8, 4) is 6.07 Å². The number of nitrogens with one attached hydrogen (secondary N) is 1. The Balaban J connectivity index is 1.95. The zero-order valence-corrected chi connectivity index (χ0v) is 9.76. The van der Waals surface area contributed by atoms with Gasteiger partial charge in [0.15, 0.2) is 11.9 Å². The lowest BCUT2D eigenvalue weighted by Gasteiger charge is -2.28. The van der Waals surface area contributed by atoms with Crippen LogP contribution in [0.1, 0.15) is 16.3 Å². The van der Waals surface area contributed by atoms with Gasteiger partial charge in [-0.1, -0.05) is 0 Å². The van der Waals surface area contributed by atoms with Crippen molar-refractivity contribution in [2.75, 3.05) is 19.7 Å². The molecule has 1 aliphatic heterocycles. The maximum absolute atomic E-state index is 11.2. The van der Waals surface area contributed by atoms with Gasteiger partial charge in [0.1, 0.15) is 5.76 Å². The molecule has 3 N–H and O–H groups in total. The minimum Gasteiger partial charge on any atom is -0.455 e. The van der Waals surface area contributed by atoms with Crippen LogP contribution in [-0.2, 0) is 11.3 Å². The van der Waals surface area contributed by atoms with Crippen molar-refractivity contribution in [1.29, 1.82) is 5.26 Å². The van der Waals surface area contributed by atoms with Gasteiger partial charge in [-0.15, -0.1) is 0 Å². The average Bonchev–Trinajstić information content (AvgIpc) is 2.86. The summed E-state index contributed by atoms with van der Waals surface area (Å²) in [6, 6.07) is 5.37. The number of carbonyl (C=O) groups is 1. The Kier molecular flexibility index (Phi) is 3.94. The molecule has 18 heavy (non-hydrogen) atoms. The maximum Gasteiger partial charge on any atom is 0.300 e. The van der Waals surface area contributed by atoms with E-state index in [1.54, 1.807) is 12.1 Å². The molecular weight excluding hydrogens is 236 g/mol. The number of morpholine rings is 1. The summed E-state index contributed by atoms with van der Waals surface area (Å²) in [6.45, 7) is 2.33. The second-order valence-corrected chi connectivity index (χ2v) is 3.96. The first-order chi connectivity index (χ1) is 8.72. The van der Waals surface area contributed by atoms with Crippen molar-refractivity contribution in [2.24, 2.45) is 5.84 Å². The van der Waals surface area contributed by atoms with Gasteiger partial charge in [-0.25, -0.2) is 5.84 Å². The molecule has 96 valence electrons. The van der Waals surface area contributed by atoms with Gasteiger partial charge in [0, 0.05) is 13.1 Å². The molecule has 2 rings (SSSR count). The van der Waals surface area contributed by atoms with Crippen molar-refractivity contribution >= 4 is 5.91 Å². The first kappa shape index (κ1) is 12.6. The number of carbonyl (C=O) groups excluding carboxylic acids is 1. The minimum absolute atomic E-state index is 0.178. The van der Waals surface area contributed by atoms with Crippen LogP contribution in [-0.4, -0.2) is 36.6 Å². The summed E-state index contributed by atoms with van der Waals surface area (Å²) in [6.07, 6.45) is -0.402. The number of nitrogens with zero attached hydrogens (tertiary/aromatic N) is 2. The molecule has 1 unspecified atom stereocenters. The molecule has 0 aromatic carbocycles. The highest BCUT2D eigenvalue weighted by Gasteiger charge is 2.21. The predicted molar refractivity (Wildman–Crippen MR) is 61.0 cm³/mol. The number of nitriles is 1. The van der Waals surface area contributed by atoms with Crippen molar-refractivity contribution in [3.63, 3.8) is 0 Å². The summed E-state index contributed by atoms with van der Waals surface area (Å²) in [4.78, 5) is 13.3. The molecule has 7 heteroatoms. The maximum atomic E-state index is 11.2. The topological polar surface area (TPSA) is 105 Å². The third kappa shape index (κ3) is 2.87. The Labute approximate surface area is 104 Å². The van der Waals surface area contributed by atoms with Gasteiger partial charge in [0.05, 0.1) is 19.2 Å². The lowest BCUT2D eigenvalue weighted by molar-refractivity contribution is -0.00496. The molecule has 1 fully saturated rings. The van der Waals surface area contributed by atoms with Crippen LogP contribution in [0.25, 0.3) is 0 Å². The molecule has 1 saturated heterocycles. The highest BCUT2D eigenvalue weighted by Crippen LogP contribution is 2.13. The number of hydrazine groups is 1. The van der Waals surface area contributed by atoms with E-state index in [0.29, 0.717) is 25.5 Å². The molecule has 1 aliphatic rings. The van der Waals surface area contributed by atoms with Crippen LogP contribution in [0, 0.1) is 11.3 Å². The van der Waals surface area contributed by atoms with E-state index in [1.165, 1.54) is 0 Å². The Morgan fingerprint density at radius 3 is 3.22 bits per heavy atom. The van der Waals surface area contributed by atoms with Crippen molar-refractivity contribution in [3.05, 3.63) is 23.7 Å². The van der Waals surface area contributed by atoms with Gasteiger partial charge in [-0.2, -0.15) is 5.26 Å². The van der Waals surface area contributed by atoms with Crippen molar-refractivity contribution in [1.82, 2.24) is 10.3 Å². The third-order valence-electron chi connectivity index (χ3n) is 2.69. The van der Waals surface area contributed by atoms with E-state index in [1.807, 2.05) is 10.3 Å². The van der Waals surface area contributed by atoms with E-state index in [-0.39, 0.29) is 5.76 Å². The lowest BCUT2D eigenvalue weighted by atomic mass is 10.3. The summed E-state index contributed by atoms with van der Waals surface area (Å²) >= 11 is 0. The zero-order valence-electron chi connectivity index (χ0n) is 9.76. The standard InChI is InChI=1S/C11H14N4O3/c12-5-9-7-15(3-4-17-9)6-8-1-2-10(18-8)11(16)14-13/h1-2,9H,3-4,6-7,13H2,(H,14,16). The van der Waals surface area contributed by atoms with Crippen LogP contribution in [0.4, 0.5) is 0 Å². The van der Waals surface area contributed by atoms with E-state index in [2.05, 4.69) is 6.07 Å². The van der Waals surface area contributed by atoms with Gasteiger partial charge < -0.3 is 9.15 Å². The third-order valence-corrected chi connectivity index (χ3v) is 2.69. The summed E-state index contributed by atoms with van der Waals surface area (Å²) in [5.41, 5.74) is 2.01. The number of amides is 1. The Hall–Kier alpha value is -1.88. The highest BCUT2D eigenvalue weighted by atomic mass is 16.5. The monoisotopic (exact) mass is 250 g/mol. The van der Waals surface area contributed by atoms with Crippen LogP contribution in [0.3, 0.4) is 0 Å². The quantitative estimate of drug-likeness (QED) is 0.430. The van der Waals surface area contributed by atoms with E-state index >= 15 is 0 Å². The van der Waals surface area contributed by atoms with Crippen LogP contribution in [0.15, 0.2) is 16.5 Å². The van der Waals surface area contributed by atoms with E-state index in [9.17, 15) is 4.79 Å². The molecular formula is C11H14N4O3. The normalized spacial score (nSPS) is 20.3. The number of hydrogen-bond acceptors (Lipinski definition) is 6. The fraction of sp³-hybridized carbons (Fsp3) is 0.455. The minimum atomic E-state index is -0.460. The number of furan rings is 1. The summed E-state index contributed by atoms with van der Waals surface area (Å²) in [5.74, 6) is 5.39. The van der Waals surface area contributed by atoms with Gasteiger partial charge in [0.2, 0.25) is 0 Å². The van der Waals surface area contributed by atoms with E-state index in [4.69, 9.17) is 20.3 Å². The first-order valence-electron chi connectivity index (χ1n) is 5.56. The van der Waals surface area contributed by atoms with E-state index < -0.39 is 12.0 Å². The largest absolute Gasteiger partial charge is 0.455 e. The predicted octanol–water partition coefficient (Wildman–Crippen LogP) is -0.393. The second kappa shape index (κ2) is 5.64. The average molecular weight is 250 g/mol. The molecule has 2 heterocycles. The van der Waals surface area contributed by atoms with Crippen LogP contribution in [0.2, 0.25) is 0 Å². The fourth-order valence-electron chi connectivity index (χ4n) is 1.80. The van der Waals surface area contributed by atoms with Crippen LogP contribution in [0.5, 0.6) is 0 Å². The molecule has 7 nitrogen and oxygen atoms in total.